The average Bonchev–Trinajstić information content (AvgIpc) is 3.82. The van der Waals surface area contributed by atoms with Crippen molar-refractivity contribution in [3.63, 3.8) is 0 Å². The quantitative estimate of drug-likeness (QED) is 0.0509. The van der Waals surface area contributed by atoms with Crippen LogP contribution in [0.25, 0.3) is 22.3 Å². The lowest BCUT2D eigenvalue weighted by Gasteiger charge is -2.19. The van der Waals surface area contributed by atoms with E-state index in [0.717, 1.165) is 0 Å². The van der Waals surface area contributed by atoms with E-state index in [4.69, 9.17) is 47.4 Å². The number of hydrogen-bond acceptors (Lipinski definition) is 12. The Kier molecular flexibility index (Phi) is 21.3. The van der Waals surface area contributed by atoms with Gasteiger partial charge in [0.05, 0.1) is 99.1 Å². The third-order valence-electron chi connectivity index (χ3n) is 10.9. The maximum atomic E-state index is 12.6. The van der Waals surface area contributed by atoms with Crippen LogP contribution in [0.2, 0.25) is 0 Å². The van der Waals surface area contributed by atoms with Crippen LogP contribution in [0.15, 0.2) is 97.1 Å². The predicted molar refractivity (Wildman–Crippen MR) is 242 cm³/mol. The zero-order valence-corrected chi connectivity index (χ0v) is 37.1. The molecule has 0 saturated heterocycles. The number of carbonyl (C=O) groups is 2. The van der Waals surface area contributed by atoms with Gasteiger partial charge in [0, 0.05) is 38.6 Å². The Morgan fingerprint density at radius 2 is 0.750 bits per heavy atom. The highest BCUT2D eigenvalue weighted by atomic mass is 16.6. The molecule has 2 aliphatic rings. The maximum absolute atomic E-state index is 12.6. The molecule has 2 aliphatic carbocycles. The Morgan fingerprint density at radius 3 is 1.12 bits per heavy atom. The number of amides is 2. The number of hydrogen-bond donors (Lipinski definition) is 1. The first-order chi connectivity index (χ1) is 31.6. The molecule has 0 spiro atoms. The third kappa shape index (κ3) is 15.4. The first kappa shape index (κ1) is 48.6. The molecule has 0 radical (unpaired) electrons. The number of alkyl carbamates (subject to hydrolysis) is 1. The van der Waals surface area contributed by atoms with E-state index in [1.54, 1.807) is 7.05 Å². The zero-order valence-electron chi connectivity index (χ0n) is 37.1. The summed E-state index contributed by atoms with van der Waals surface area (Å²) in [6.07, 6.45) is -0.109. The highest BCUT2D eigenvalue weighted by Crippen LogP contribution is 2.45. The number of ether oxygens (including phenoxy) is 10. The molecule has 0 atom stereocenters. The van der Waals surface area contributed by atoms with E-state index >= 15 is 0 Å². The first-order valence-corrected chi connectivity index (χ1v) is 22.4. The van der Waals surface area contributed by atoms with Crippen LogP contribution < -0.4 is 5.32 Å². The Bertz CT molecular complexity index is 1890. The van der Waals surface area contributed by atoms with Crippen molar-refractivity contribution in [2.75, 3.05) is 139 Å². The van der Waals surface area contributed by atoms with Crippen LogP contribution in [0.3, 0.4) is 0 Å². The fraction of sp³-hybridized carbons (Fsp3) is 0.480. The Morgan fingerprint density at radius 1 is 0.438 bits per heavy atom. The van der Waals surface area contributed by atoms with Crippen molar-refractivity contribution in [3.05, 3.63) is 119 Å². The van der Waals surface area contributed by atoms with Gasteiger partial charge in [-0.05, 0) is 50.9 Å². The summed E-state index contributed by atoms with van der Waals surface area (Å²) < 4.78 is 55.8. The fourth-order valence-electron chi connectivity index (χ4n) is 7.65. The minimum atomic E-state index is -0.419. The van der Waals surface area contributed by atoms with Gasteiger partial charge in [-0.25, -0.2) is 9.59 Å². The second-order valence-corrected chi connectivity index (χ2v) is 15.2. The predicted octanol–water partition coefficient (Wildman–Crippen LogP) is 6.93. The van der Waals surface area contributed by atoms with Gasteiger partial charge in [0.2, 0.25) is 0 Å². The number of rotatable bonds is 32. The van der Waals surface area contributed by atoms with Crippen molar-refractivity contribution < 1.29 is 57.0 Å². The van der Waals surface area contributed by atoms with Crippen molar-refractivity contribution >= 4 is 12.2 Å². The van der Waals surface area contributed by atoms with Crippen LogP contribution in [0.5, 0.6) is 0 Å². The largest absolute Gasteiger partial charge is 0.449 e. The zero-order chi connectivity index (χ0) is 44.4. The van der Waals surface area contributed by atoms with E-state index in [2.05, 4.69) is 53.8 Å². The number of likely N-dealkylation sites (N-methyl/N-ethyl adjacent to an activating group) is 1. The standard InChI is InChI=1S/C50H64N2O12/c1-52(50(54)64-38-48-45-17-8-4-13-41(45)42-14-5-9-18-46(42)48)20-22-56-24-26-58-28-30-60-32-34-62-36-35-61-33-31-59-29-27-57-25-23-55-21-10-19-51-49(53)63-37-47-43-15-6-2-11-39(43)40-12-3-7-16-44(40)47/h2-9,11-18,47-48H,10,19-38H2,1H3,(H,51,53). The minimum Gasteiger partial charge on any atom is -0.449 e. The van der Waals surface area contributed by atoms with E-state index in [-0.39, 0.29) is 17.9 Å². The normalized spacial score (nSPS) is 12.7. The van der Waals surface area contributed by atoms with Crippen LogP contribution in [-0.4, -0.2) is 156 Å². The number of carbonyl (C=O) groups excluding carboxylic acids is 2. The van der Waals surface area contributed by atoms with E-state index in [1.807, 2.05) is 48.5 Å². The van der Waals surface area contributed by atoms with Crippen LogP contribution in [0.4, 0.5) is 9.59 Å². The van der Waals surface area contributed by atoms with E-state index in [1.165, 1.54) is 49.4 Å². The lowest BCUT2D eigenvalue weighted by Crippen LogP contribution is -2.32. The Hall–Kier alpha value is -4.90. The molecule has 0 aromatic heterocycles. The molecule has 14 nitrogen and oxygen atoms in total. The number of fused-ring (bicyclic) bond motifs is 6. The summed E-state index contributed by atoms with van der Waals surface area (Å²) >= 11 is 0. The number of benzene rings is 4. The molecular weight excluding hydrogens is 821 g/mol. The fourth-order valence-corrected chi connectivity index (χ4v) is 7.65. The van der Waals surface area contributed by atoms with Gasteiger partial charge in [0.1, 0.15) is 13.2 Å². The van der Waals surface area contributed by atoms with Gasteiger partial charge in [-0.15, -0.1) is 0 Å². The van der Waals surface area contributed by atoms with Crippen LogP contribution in [-0.2, 0) is 47.4 Å². The summed E-state index contributed by atoms with van der Waals surface area (Å²) in [4.78, 5) is 26.5. The lowest BCUT2D eigenvalue weighted by molar-refractivity contribution is -0.0234. The van der Waals surface area contributed by atoms with E-state index in [0.29, 0.717) is 138 Å². The number of nitrogens with one attached hydrogen (secondary N) is 1. The van der Waals surface area contributed by atoms with Crippen molar-refractivity contribution in [3.8, 4) is 22.3 Å². The monoisotopic (exact) mass is 884 g/mol. The molecule has 0 saturated carbocycles. The first-order valence-electron chi connectivity index (χ1n) is 22.4. The summed E-state index contributed by atoms with van der Waals surface area (Å²) in [5, 5.41) is 2.81. The van der Waals surface area contributed by atoms with Gasteiger partial charge in [0.15, 0.2) is 0 Å². The maximum Gasteiger partial charge on any atom is 0.409 e. The van der Waals surface area contributed by atoms with Gasteiger partial charge in [0.25, 0.3) is 0 Å². The molecule has 0 heterocycles. The average molecular weight is 885 g/mol. The van der Waals surface area contributed by atoms with Gasteiger partial charge >= 0.3 is 12.2 Å². The molecule has 4 aromatic carbocycles. The topological polar surface area (TPSA) is 142 Å². The molecule has 6 rings (SSSR count). The van der Waals surface area contributed by atoms with Gasteiger partial charge in [-0.3, -0.25) is 0 Å². The summed E-state index contributed by atoms with van der Waals surface area (Å²) in [7, 11) is 1.71. The second kappa shape index (κ2) is 28.1. The highest BCUT2D eigenvalue weighted by Gasteiger charge is 2.30. The molecule has 14 heteroatoms. The van der Waals surface area contributed by atoms with Crippen molar-refractivity contribution in [2.45, 2.75) is 18.3 Å². The smallest absolute Gasteiger partial charge is 0.409 e. The summed E-state index contributed by atoms with van der Waals surface area (Å²) in [5.74, 6) is 0.0770. The second-order valence-electron chi connectivity index (χ2n) is 15.2. The molecule has 346 valence electrons. The molecule has 0 bridgehead atoms. The van der Waals surface area contributed by atoms with E-state index < -0.39 is 6.09 Å². The number of nitrogens with zero attached hydrogens (tertiary/aromatic N) is 1. The SMILES string of the molecule is CN(CCOCCOCCOCCOCCOCCOCCOCCOCCCNC(=O)OCC1c2ccccc2-c2ccccc21)C(=O)OCC1c2ccccc2-c2ccccc21. The molecule has 0 fully saturated rings. The van der Waals surface area contributed by atoms with Gasteiger partial charge in [-0.1, -0.05) is 97.1 Å². The van der Waals surface area contributed by atoms with Gasteiger partial charge in [-0.2, -0.15) is 0 Å². The summed E-state index contributed by atoms with van der Waals surface area (Å²) in [6.45, 7) is 8.90. The molecule has 2 amide bonds. The molecule has 4 aromatic rings. The van der Waals surface area contributed by atoms with Crippen LogP contribution in [0.1, 0.15) is 40.5 Å². The van der Waals surface area contributed by atoms with Crippen molar-refractivity contribution in [1.82, 2.24) is 10.2 Å². The Labute approximate surface area is 377 Å². The minimum absolute atomic E-state index is 0.0331. The Balaban J connectivity index is 0.622. The molecule has 0 aliphatic heterocycles. The lowest BCUT2D eigenvalue weighted by atomic mass is 9.98. The summed E-state index contributed by atoms with van der Waals surface area (Å²) in [6, 6.07) is 33.1. The molecule has 1 N–H and O–H groups in total. The summed E-state index contributed by atoms with van der Waals surface area (Å²) in [5.41, 5.74) is 9.58. The van der Waals surface area contributed by atoms with E-state index in [9.17, 15) is 9.59 Å². The van der Waals surface area contributed by atoms with Crippen LogP contribution >= 0.6 is 0 Å². The molecular formula is C50H64N2O12. The van der Waals surface area contributed by atoms with Crippen molar-refractivity contribution in [2.24, 2.45) is 0 Å². The third-order valence-corrected chi connectivity index (χ3v) is 10.9. The van der Waals surface area contributed by atoms with Crippen LogP contribution in [0, 0.1) is 0 Å². The van der Waals surface area contributed by atoms with Gasteiger partial charge < -0.3 is 57.6 Å². The highest BCUT2D eigenvalue weighted by molar-refractivity contribution is 5.80. The van der Waals surface area contributed by atoms with Crippen molar-refractivity contribution in [1.29, 1.82) is 0 Å². The molecule has 0 unspecified atom stereocenters. The molecule has 64 heavy (non-hydrogen) atoms.